The molecule has 0 aromatic heterocycles. The van der Waals surface area contributed by atoms with E-state index in [1.165, 1.54) is 18.7 Å². The first-order chi connectivity index (χ1) is 20.4. The second-order valence-electron chi connectivity index (χ2n) is 9.24. The summed E-state index contributed by atoms with van der Waals surface area (Å²) in [4.78, 5) is 38.6. The van der Waals surface area contributed by atoms with Crippen LogP contribution in [-0.2, 0) is 26.6 Å². The van der Waals surface area contributed by atoms with Gasteiger partial charge in [0.05, 0.1) is 19.9 Å². The van der Waals surface area contributed by atoms with Crippen molar-refractivity contribution in [1.82, 2.24) is 5.32 Å². The van der Waals surface area contributed by atoms with Crippen molar-refractivity contribution in [2.75, 3.05) is 19.5 Å². The summed E-state index contributed by atoms with van der Waals surface area (Å²) in [6, 6.07) is 29.2. The predicted molar refractivity (Wildman–Crippen MR) is 163 cm³/mol. The molecule has 8 nitrogen and oxygen atoms in total. The van der Waals surface area contributed by atoms with Gasteiger partial charge in [-0.2, -0.15) is 0 Å². The van der Waals surface area contributed by atoms with Crippen LogP contribution >= 0.6 is 11.8 Å². The molecular formula is C33H32N2O6S. The maximum absolute atomic E-state index is 13.2. The third-order valence-corrected chi connectivity index (χ3v) is 7.43. The van der Waals surface area contributed by atoms with Gasteiger partial charge in [0.15, 0.2) is 0 Å². The normalized spacial score (nSPS) is 11.2. The molecule has 0 aliphatic heterocycles. The Morgan fingerprint density at radius 2 is 1.60 bits per heavy atom. The lowest BCUT2D eigenvalue weighted by atomic mass is 10.1. The molecule has 4 aromatic carbocycles. The number of rotatable bonds is 12. The third-order valence-electron chi connectivity index (χ3n) is 6.29. The van der Waals surface area contributed by atoms with E-state index in [-0.39, 0.29) is 5.91 Å². The molecule has 0 aliphatic rings. The Morgan fingerprint density at radius 3 is 2.33 bits per heavy atom. The first-order valence-corrected chi connectivity index (χ1v) is 14.2. The van der Waals surface area contributed by atoms with Gasteiger partial charge in [0.1, 0.15) is 11.5 Å². The number of nitrogens with one attached hydrogen (secondary N) is 2. The molecule has 0 radical (unpaired) electrons. The summed E-state index contributed by atoms with van der Waals surface area (Å²) in [5, 5.41) is 5.86. The number of thioether (sulfide) groups is 1. The zero-order valence-corrected chi connectivity index (χ0v) is 24.4. The Kier molecular flexibility index (Phi) is 10.6. The second kappa shape index (κ2) is 14.7. The summed E-state index contributed by atoms with van der Waals surface area (Å²) in [6.45, 7) is 1.58. The lowest BCUT2D eigenvalue weighted by Gasteiger charge is -2.18. The number of esters is 1. The highest BCUT2D eigenvalue weighted by atomic mass is 32.2. The van der Waals surface area contributed by atoms with E-state index in [1.54, 1.807) is 56.7 Å². The molecule has 0 fully saturated rings. The SMILES string of the molecule is COc1ccc(CNC(=O)c2cccc(CSc3ccccc3NC(=O)C(OC(C)=O)c3ccccc3)c2)c(OC)c1. The van der Waals surface area contributed by atoms with E-state index < -0.39 is 18.0 Å². The molecule has 0 aliphatic carbocycles. The highest BCUT2D eigenvalue weighted by Crippen LogP contribution is 2.31. The second-order valence-corrected chi connectivity index (χ2v) is 10.3. The van der Waals surface area contributed by atoms with Crippen LogP contribution in [0.5, 0.6) is 11.5 Å². The quantitative estimate of drug-likeness (QED) is 0.152. The molecule has 2 N–H and O–H groups in total. The minimum absolute atomic E-state index is 0.204. The van der Waals surface area contributed by atoms with Crippen molar-refractivity contribution >= 4 is 35.2 Å². The topological polar surface area (TPSA) is 103 Å². The maximum Gasteiger partial charge on any atom is 0.303 e. The van der Waals surface area contributed by atoms with E-state index in [2.05, 4.69) is 10.6 Å². The van der Waals surface area contributed by atoms with Crippen LogP contribution in [0.2, 0.25) is 0 Å². The van der Waals surface area contributed by atoms with Gasteiger partial charge in [-0.25, -0.2) is 0 Å². The molecule has 4 rings (SSSR count). The number of hydrogen-bond acceptors (Lipinski definition) is 7. The maximum atomic E-state index is 13.2. The Hall–Kier alpha value is -4.76. The predicted octanol–water partition coefficient (Wildman–Crippen LogP) is 6.17. The van der Waals surface area contributed by atoms with Gasteiger partial charge >= 0.3 is 5.97 Å². The van der Waals surface area contributed by atoms with Crippen LogP contribution < -0.4 is 20.1 Å². The highest BCUT2D eigenvalue weighted by molar-refractivity contribution is 7.98. The van der Waals surface area contributed by atoms with Gasteiger partial charge in [-0.15, -0.1) is 11.8 Å². The number of carbonyl (C=O) groups is 3. The van der Waals surface area contributed by atoms with E-state index in [0.717, 1.165) is 16.0 Å². The summed E-state index contributed by atoms with van der Waals surface area (Å²) in [7, 11) is 3.16. The van der Waals surface area contributed by atoms with E-state index in [1.807, 2.05) is 54.6 Å². The lowest BCUT2D eigenvalue weighted by Crippen LogP contribution is -2.25. The smallest absolute Gasteiger partial charge is 0.303 e. The number of amides is 2. The molecule has 0 saturated carbocycles. The number of hydrogen-bond donors (Lipinski definition) is 2. The number of benzene rings is 4. The van der Waals surface area contributed by atoms with Gasteiger partial charge in [0.25, 0.3) is 11.8 Å². The number of anilines is 1. The fourth-order valence-electron chi connectivity index (χ4n) is 4.20. The molecule has 0 heterocycles. The molecule has 2 amide bonds. The van der Waals surface area contributed by atoms with Gasteiger partial charge in [-0.1, -0.05) is 54.6 Å². The molecule has 1 atom stereocenters. The Morgan fingerprint density at radius 1 is 0.833 bits per heavy atom. The van der Waals surface area contributed by atoms with Crippen molar-refractivity contribution in [2.24, 2.45) is 0 Å². The van der Waals surface area contributed by atoms with Crippen LogP contribution in [0.3, 0.4) is 0 Å². The van der Waals surface area contributed by atoms with Crippen molar-refractivity contribution in [3.05, 3.63) is 119 Å². The monoisotopic (exact) mass is 584 g/mol. The van der Waals surface area contributed by atoms with Crippen molar-refractivity contribution < 1.29 is 28.6 Å². The third kappa shape index (κ3) is 8.14. The molecular weight excluding hydrogens is 552 g/mol. The molecule has 0 bridgehead atoms. The first-order valence-electron chi connectivity index (χ1n) is 13.2. The number of ether oxygens (including phenoxy) is 3. The molecule has 0 saturated heterocycles. The van der Waals surface area contributed by atoms with Crippen LogP contribution in [0, 0.1) is 0 Å². The van der Waals surface area contributed by atoms with Crippen LogP contribution in [0.25, 0.3) is 0 Å². The fourth-order valence-corrected chi connectivity index (χ4v) is 5.15. The standard InChI is InChI=1S/C33H32N2O6S/c1-22(36)41-31(24-11-5-4-6-12-24)33(38)35-28-14-7-8-15-30(28)42-21-23-10-9-13-25(18-23)32(37)34-20-26-16-17-27(39-2)19-29(26)40-3/h4-19,31H,20-21H2,1-3H3,(H,34,37)(H,35,38). The van der Waals surface area contributed by atoms with Crippen LogP contribution in [-0.4, -0.2) is 32.0 Å². The Bertz CT molecular complexity index is 1540. The van der Waals surface area contributed by atoms with Crippen LogP contribution in [0.1, 0.15) is 40.1 Å². The minimum Gasteiger partial charge on any atom is -0.497 e. The number of carbonyl (C=O) groups excluding carboxylic acids is 3. The lowest BCUT2D eigenvalue weighted by molar-refractivity contribution is -0.152. The largest absolute Gasteiger partial charge is 0.497 e. The highest BCUT2D eigenvalue weighted by Gasteiger charge is 2.24. The zero-order valence-electron chi connectivity index (χ0n) is 23.6. The van der Waals surface area contributed by atoms with Crippen molar-refractivity contribution in [3.63, 3.8) is 0 Å². The minimum atomic E-state index is -1.07. The van der Waals surface area contributed by atoms with E-state index >= 15 is 0 Å². The number of methoxy groups -OCH3 is 2. The molecule has 4 aromatic rings. The van der Waals surface area contributed by atoms with Crippen LogP contribution in [0.4, 0.5) is 5.69 Å². The van der Waals surface area contributed by atoms with E-state index in [0.29, 0.717) is 40.6 Å². The summed E-state index contributed by atoms with van der Waals surface area (Å²) in [5.74, 6) is 0.670. The Balaban J connectivity index is 1.41. The Labute approximate surface area is 249 Å². The van der Waals surface area contributed by atoms with Crippen molar-refractivity contribution in [3.8, 4) is 11.5 Å². The number of para-hydroxylation sites is 1. The van der Waals surface area contributed by atoms with Gasteiger partial charge < -0.3 is 24.8 Å². The average Bonchev–Trinajstić information content (AvgIpc) is 3.02. The van der Waals surface area contributed by atoms with Gasteiger partial charge in [-0.05, 0) is 42.0 Å². The summed E-state index contributed by atoms with van der Waals surface area (Å²) in [5.41, 5.74) is 3.49. The average molecular weight is 585 g/mol. The molecule has 9 heteroatoms. The van der Waals surface area contributed by atoms with Crippen LogP contribution in [0.15, 0.2) is 102 Å². The first kappa shape index (κ1) is 30.2. The molecule has 1 unspecified atom stereocenters. The van der Waals surface area contributed by atoms with Crippen molar-refractivity contribution in [2.45, 2.75) is 30.2 Å². The summed E-state index contributed by atoms with van der Waals surface area (Å²) in [6.07, 6.45) is -1.07. The van der Waals surface area contributed by atoms with Gasteiger partial charge in [-0.3, -0.25) is 14.4 Å². The zero-order chi connectivity index (χ0) is 29.9. The molecule has 42 heavy (non-hydrogen) atoms. The van der Waals surface area contributed by atoms with Gasteiger partial charge in [0.2, 0.25) is 6.10 Å². The van der Waals surface area contributed by atoms with Crippen molar-refractivity contribution in [1.29, 1.82) is 0 Å². The van der Waals surface area contributed by atoms with Gasteiger partial charge in [0, 0.05) is 46.9 Å². The van der Waals surface area contributed by atoms with E-state index in [9.17, 15) is 14.4 Å². The van der Waals surface area contributed by atoms with E-state index in [4.69, 9.17) is 14.2 Å². The summed E-state index contributed by atoms with van der Waals surface area (Å²) < 4.78 is 16.0. The fraction of sp³-hybridized carbons (Fsp3) is 0.182. The molecule has 216 valence electrons. The summed E-state index contributed by atoms with van der Waals surface area (Å²) >= 11 is 1.52. The molecule has 0 spiro atoms.